The van der Waals surface area contributed by atoms with Crippen molar-refractivity contribution in [1.29, 1.82) is 0 Å². The van der Waals surface area contributed by atoms with Gasteiger partial charge in [0.15, 0.2) is 0 Å². The molecular formula is C17H27ClN2O3S. The van der Waals surface area contributed by atoms with Gasteiger partial charge < -0.3 is 5.11 Å². The topological polar surface area (TPSA) is 69.6 Å². The minimum absolute atomic E-state index is 0.000608. The third-order valence-corrected chi connectivity index (χ3v) is 6.78. The Morgan fingerprint density at radius 1 is 1.25 bits per heavy atom. The number of β-amino-alcohol motifs (C(OH)–C–C–N with tert-alkyl or cyclic N) is 1. The Morgan fingerprint density at radius 3 is 2.42 bits per heavy atom. The smallest absolute Gasteiger partial charge is 0.240 e. The molecule has 24 heavy (non-hydrogen) atoms. The fraction of sp³-hybridized carbons (Fsp3) is 0.647. The molecule has 1 fully saturated rings. The number of rotatable bonds is 6. The van der Waals surface area contributed by atoms with Crippen LogP contribution in [0, 0.1) is 13.8 Å². The van der Waals surface area contributed by atoms with Crippen molar-refractivity contribution in [3.8, 4) is 0 Å². The molecule has 0 spiro atoms. The van der Waals surface area contributed by atoms with Gasteiger partial charge in [-0.2, -0.15) is 0 Å². The Bertz CT molecular complexity index is 683. The van der Waals surface area contributed by atoms with Gasteiger partial charge in [-0.05, 0) is 63.8 Å². The minimum atomic E-state index is -3.67. The van der Waals surface area contributed by atoms with Gasteiger partial charge in [0.25, 0.3) is 0 Å². The second-order valence-corrected chi connectivity index (χ2v) is 8.99. The molecule has 0 amide bonds. The molecule has 0 bridgehead atoms. The van der Waals surface area contributed by atoms with Gasteiger partial charge in [-0.15, -0.1) is 0 Å². The number of aryl methyl sites for hydroxylation is 2. The highest BCUT2D eigenvalue weighted by Crippen LogP contribution is 2.25. The zero-order valence-corrected chi connectivity index (χ0v) is 16.3. The monoisotopic (exact) mass is 374 g/mol. The van der Waals surface area contributed by atoms with Crippen molar-refractivity contribution in [2.24, 2.45) is 0 Å². The lowest BCUT2D eigenvalue weighted by atomic mass is 10.2. The van der Waals surface area contributed by atoms with Crippen molar-refractivity contribution in [3.63, 3.8) is 0 Å². The molecule has 1 aromatic carbocycles. The van der Waals surface area contributed by atoms with Crippen LogP contribution < -0.4 is 4.72 Å². The molecule has 1 heterocycles. The lowest BCUT2D eigenvalue weighted by Gasteiger charge is -2.28. The fourth-order valence-corrected chi connectivity index (χ4v) is 4.84. The number of benzene rings is 1. The normalized spacial score (nSPS) is 23.6. The highest BCUT2D eigenvalue weighted by Gasteiger charge is 2.29. The fourth-order valence-electron chi connectivity index (χ4n) is 3.24. The standard InChI is InChI=1S/C17H27ClN2O3S/c1-11-8-17(12(2)7-16(11)18)24(22,23)19-9-15(21)10-20-13(3)5-6-14(20)4/h7-8,13-15,19,21H,5-6,9-10H2,1-4H3/t13?,14?,15-/m0/s1. The number of nitrogens with zero attached hydrogens (tertiary/aromatic N) is 1. The van der Waals surface area contributed by atoms with E-state index in [1.54, 1.807) is 26.0 Å². The first kappa shape index (κ1) is 19.7. The summed E-state index contributed by atoms with van der Waals surface area (Å²) in [6, 6.07) is 4.06. The van der Waals surface area contributed by atoms with E-state index in [1.807, 2.05) is 0 Å². The summed E-state index contributed by atoms with van der Waals surface area (Å²) in [5, 5.41) is 10.8. The molecule has 0 aromatic heterocycles. The Morgan fingerprint density at radius 2 is 1.83 bits per heavy atom. The van der Waals surface area contributed by atoms with Crippen molar-refractivity contribution >= 4 is 21.6 Å². The number of likely N-dealkylation sites (tertiary alicyclic amines) is 1. The van der Waals surface area contributed by atoms with E-state index in [0.717, 1.165) is 12.8 Å². The number of hydrogen-bond donors (Lipinski definition) is 2. The number of sulfonamides is 1. The van der Waals surface area contributed by atoms with Crippen LogP contribution >= 0.6 is 11.6 Å². The number of halogens is 1. The third-order valence-electron chi connectivity index (χ3n) is 4.81. The first-order valence-corrected chi connectivity index (χ1v) is 10.2. The lowest BCUT2D eigenvalue weighted by Crippen LogP contribution is -2.43. The van der Waals surface area contributed by atoms with Gasteiger partial charge in [0.2, 0.25) is 10.0 Å². The van der Waals surface area contributed by atoms with E-state index in [0.29, 0.717) is 34.8 Å². The summed E-state index contributed by atoms with van der Waals surface area (Å²) in [4.78, 5) is 2.44. The zero-order valence-electron chi connectivity index (χ0n) is 14.7. The van der Waals surface area contributed by atoms with Crippen LogP contribution in [0.1, 0.15) is 37.8 Å². The SMILES string of the molecule is Cc1cc(S(=O)(=O)NC[C@H](O)CN2C(C)CCC2C)c(C)cc1Cl. The van der Waals surface area contributed by atoms with Gasteiger partial charge in [-0.3, -0.25) is 4.90 Å². The van der Waals surface area contributed by atoms with E-state index >= 15 is 0 Å². The quantitative estimate of drug-likeness (QED) is 0.802. The molecule has 3 atom stereocenters. The van der Waals surface area contributed by atoms with Crippen LogP contribution in [0.15, 0.2) is 17.0 Å². The van der Waals surface area contributed by atoms with Crippen molar-refractivity contribution in [1.82, 2.24) is 9.62 Å². The van der Waals surface area contributed by atoms with E-state index in [-0.39, 0.29) is 11.4 Å². The molecule has 2 unspecified atom stereocenters. The highest BCUT2D eigenvalue weighted by atomic mass is 35.5. The predicted molar refractivity (Wildman–Crippen MR) is 97.0 cm³/mol. The van der Waals surface area contributed by atoms with Crippen molar-refractivity contribution in [3.05, 3.63) is 28.3 Å². The Kier molecular flexibility index (Phi) is 6.31. The summed E-state index contributed by atoms with van der Waals surface area (Å²) < 4.78 is 27.5. The van der Waals surface area contributed by atoms with Crippen LogP contribution in [0.3, 0.4) is 0 Å². The maximum atomic E-state index is 12.5. The summed E-state index contributed by atoms with van der Waals surface area (Å²) in [5.74, 6) is 0. The maximum Gasteiger partial charge on any atom is 0.240 e. The second-order valence-electron chi connectivity index (χ2n) is 6.84. The molecule has 0 aliphatic carbocycles. The highest BCUT2D eigenvalue weighted by molar-refractivity contribution is 7.89. The predicted octanol–water partition coefficient (Wildman–Crippen LogP) is 2.47. The average Bonchev–Trinajstić information content (AvgIpc) is 2.81. The van der Waals surface area contributed by atoms with E-state index < -0.39 is 16.1 Å². The van der Waals surface area contributed by atoms with Crippen LogP contribution in [0.5, 0.6) is 0 Å². The molecule has 1 aliphatic rings. The van der Waals surface area contributed by atoms with Gasteiger partial charge in [-0.25, -0.2) is 13.1 Å². The summed E-state index contributed by atoms with van der Waals surface area (Å²) in [6.45, 7) is 8.24. The Hall–Kier alpha value is -0.660. The van der Waals surface area contributed by atoms with Crippen molar-refractivity contribution < 1.29 is 13.5 Å². The molecule has 0 saturated carbocycles. The Labute approximate surface area is 150 Å². The molecule has 1 aliphatic heterocycles. The van der Waals surface area contributed by atoms with E-state index in [1.165, 1.54) is 0 Å². The van der Waals surface area contributed by atoms with Crippen LogP contribution in [0.4, 0.5) is 0 Å². The van der Waals surface area contributed by atoms with Gasteiger partial charge in [0.05, 0.1) is 11.0 Å². The number of nitrogens with one attached hydrogen (secondary N) is 1. The number of hydrogen-bond acceptors (Lipinski definition) is 4. The van der Waals surface area contributed by atoms with Gasteiger partial charge in [0, 0.05) is 30.2 Å². The van der Waals surface area contributed by atoms with Crippen molar-refractivity contribution in [2.45, 2.75) is 63.6 Å². The molecular weight excluding hydrogens is 348 g/mol. The number of aliphatic hydroxyl groups is 1. The lowest BCUT2D eigenvalue weighted by molar-refractivity contribution is 0.0941. The minimum Gasteiger partial charge on any atom is -0.390 e. The first-order chi connectivity index (χ1) is 11.1. The van der Waals surface area contributed by atoms with Gasteiger partial charge in [0.1, 0.15) is 0 Å². The van der Waals surface area contributed by atoms with Crippen LogP contribution in [0.25, 0.3) is 0 Å². The third kappa shape index (κ3) is 4.49. The molecule has 0 radical (unpaired) electrons. The largest absolute Gasteiger partial charge is 0.390 e. The molecule has 1 saturated heterocycles. The average molecular weight is 375 g/mol. The Balaban J connectivity index is 2.01. The molecule has 2 N–H and O–H groups in total. The zero-order chi connectivity index (χ0) is 18.1. The first-order valence-electron chi connectivity index (χ1n) is 8.32. The van der Waals surface area contributed by atoms with Gasteiger partial charge >= 0.3 is 0 Å². The van der Waals surface area contributed by atoms with Crippen LogP contribution in [-0.4, -0.2) is 49.7 Å². The summed E-state index contributed by atoms with van der Waals surface area (Å²) in [6.07, 6.45) is 1.49. The summed E-state index contributed by atoms with van der Waals surface area (Å²) in [7, 11) is -3.67. The van der Waals surface area contributed by atoms with Crippen molar-refractivity contribution in [2.75, 3.05) is 13.1 Å². The van der Waals surface area contributed by atoms with E-state index in [4.69, 9.17) is 11.6 Å². The summed E-state index contributed by atoms with van der Waals surface area (Å²) >= 11 is 6.03. The molecule has 136 valence electrons. The molecule has 1 aromatic rings. The molecule has 5 nitrogen and oxygen atoms in total. The maximum absolute atomic E-state index is 12.5. The molecule has 7 heteroatoms. The second kappa shape index (κ2) is 7.70. The molecule has 2 rings (SSSR count). The van der Waals surface area contributed by atoms with Crippen LogP contribution in [-0.2, 0) is 10.0 Å². The van der Waals surface area contributed by atoms with E-state index in [9.17, 15) is 13.5 Å². The van der Waals surface area contributed by atoms with Crippen LogP contribution in [0.2, 0.25) is 5.02 Å². The van der Waals surface area contributed by atoms with E-state index in [2.05, 4.69) is 23.5 Å². The van der Waals surface area contributed by atoms with Gasteiger partial charge in [-0.1, -0.05) is 11.6 Å². The number of aliphatic hydroxyl groups excluding tert-OH is 1. The summed E-state index contributed by atoms with van der Waals surface area (Å²) in [5.41, 5.74) is 1.30.